The van der Waals surface area contributed by atoms with Gasteiger partial charge >= 0.3 is 0 Å². The van der Waals surface area contributed by atoms with E-state index in [0.717, 1.165) is 11.3 Å². The third kappa shape index (κ3) is 2.17. The first-order valence-electron chi connectivity index (χ1n) is 6.14. The molecule has 4 heteroatoms. The van der Waals surface area contributed by atoms with Crippen molar-refractivity contribution in [2.24, 2.45) is 0 Å². The lowest BCUT2D eigenvalue weighted by Gasteiger charge is -2.11. The maximum atomic E-state index is 13.5. The first-order valence-corrected chi connectivity index (χ1v) is 6.14. The van der Waals surface area contributed by atoms with E-state index in [9.17, 15) is 9.18 Å². The summed E-state index contributed by atoms with van der Waals surface area (Å²) >= 11 is 0. The van der Waals surface area contributed by atoms with Crippen LogP contribution >= 0.6 is 0 Å². The van der Waals surface area contributed by atoms with Crippen LogP contribution < -0.4 is 10.6 Å². The Morgan fingerprint density at radius 1 is 1.16 bits per heavy atom. The van der Waals surface area contributed by atoms with Crippen molar-refractivity contribution in [3.05, 3.63) is 59.9 Å². The molecular formula is C15H13FN2O. The molecule has 1 aliphatic rings. The molecule has 0 aliphatic carbocycles. The number of fused-ring (bicyclic) bond motifs is 1. The van der Waals surface area contributed by atoms with Crippen molar-refractivity contribution in [2.75, 3.05) is 17.2 Å². The third-order valence-electron chi connectivity index (χ3n) is 3.28. The molecule has 1 atom stereocenters. The van der Waals surface area contributed by atoms with E-state index in [4.69, 9.17) is 0 Å². The first kappa shape index (κ1) is 11.7. The van der Waals surface area contributed by atoms with Crippen LogP contribution in [0.4, 0.5) is 15.8 Å². The Hall–Kier alpha value is -2.36. The monoisotopic (exact) mass is 256 g/mol. The van der Waals surface area contributed by atoms with E-state index < -0.39 is 5.82 Å². The maximum absolute atomic E-state index is 13.5. The van der Waals surface area contributed by atoms with Crippen LogP contribution in [0.5, 0.6) is 0 Å². The van der Waals surface area contributed by atoms with Gasteiger partial charge in [0.25, 0.3) is 0 Å². The number of carbonyl (C=O) groups is 1. The fourth-order valence-electron chi connectivity index (χ4n) is 2.30. The number of hydrogen-bond acceptors (Lipinski definition) is 2. The van der Waals surface area contributed by atoms with E-state index >= 15 is 0 Å². The molecule has 0 saturated carbocycles. The highest BCUT2D eigenvalue weighted by atomic mass is 19.1. The van der Waals surface area contributed by atoms with E-state index in [-0.39, 0.29) is 17.5 Å². The number of hydrogen-bond donors (Lipinski definition) is 2. The molecule has 0 bridgehead atoms. The van der Waals surface area contributed by atoms with Crippen LogP contribution in [-0.2, 0) is 4.79 Å². The summed E-state index contributed by atoms with van der Waals surface area (Å²) in [5.41, 5.74) is 2.14. The minimum atomic E-state index is -0.421. The van der Waals surface area contributed by atoms with Gasteiger partial charge in [-0.15, -0.1) is 0 Å². The Bertz CT molecular complexity index is 627. The summed E-state index contributed by atoms with van der Waals surface area (Å²) < 4.78 is 13.5. The number of para-hydroxylation sites is 2. The Morgan fingerprint density at radius 2 is 1.89 bits per heavy atom. The second-order valence-corrected chi connectivity index (χ2v) is 4.49. The molecule has 3 rings (SSSR count). The van der Waals surface area contributed by atoms with Crippen molar-refractivity contribution in [3.63, 3.8) is 0 Å². The largest absolute Gasteiger partial charge is 0.384 e. The highest BCUT2D eigenvalue weighted by Crippen LogP contribution is 2.31. The SMILES string of the molecule is O=C(Nc1ccccc1F)C1CNc2ccccc21. The second-order valence-electron chi connectivity index (χ2n) is 4.49. The van der Waals surface area contributed by atoms with Crippen LogP contribution in [-0.4, -0.2) is 12.5 Å². The van der Waals surface area contributed by atoms with E-state index in [0.29, 0.717) is 6.54 Å². The zero-order valence-electron chi connectivity index (χ0n) is 10.2. The molecule has 0 aromatic heterocycles. The summed E-state index contributed by atoms with van der Waals surface area (Å²) in [6.45, 7) is 0.541. The quantitative estimate of drug-likeness (QED) is 0.867. The van der Waals surface area contributed by atoms with Crippen molar-refractivity contribution in [1.29, 1.82) is 0 Å². The van der Waals surface area contributed by atoms with Gasteiger partial charge < -0.3 is 10.6 Å². The van der Waals surface area contributed by atoms with Gasteiger partial charge in [0.1, 0.15) is 5.82 Å². The number of halogens is 1. The van der Waals surface area contributed by atoms with Gasteiger partial charge in [-0.3, -0.25) is 4.79 Å². The minimum Gasteiger partial charge on any atom is -0.384 e. The smallest absolute Gasteiger partial charge is 0.233 e. The predicted octanol–water partition coefficient (Wildman–Crippen LogP) is 2.97. The van der Waals surface area contributed by atoms with Crippen LogP contribution in [0, 0.1) is 5.82 Å². The summed E-state index contributed by atoms with van der Waals surface area (Å²) in [5.74, 6) is -0.895. The van der Waals surface area contributed by atoms with Gasteiger partial charge in [-0.05, 0) is 23.8 Å². The summed E-state index contributed by atoms with van der Waals surface area (Å²) in [6.07, 6.45) is 0. The molecule has 1 amide bonds. The average Bonchev–Trinajstić information content (AvgIpc) is 2.85. The summed E-state index contributed by atoms with van der Waals surface area (Å²) in [4.78, 5) is 12.2. The van der Waals surface area contributed by atoms with Crippen molar-refractivity contribution < 1.29 is 9.18 Å². The molecule has 3 nitrogen and oxygen atoms in total. The van der Waals surface area contributed by atoms with Gasteiger partial charge in [-0.2, -0.15) is 0 Å². The summed E-state index contributed by atoms with van der Waals surface area (Å²) in [7, 11) is 0. The fourth-order valence-corrected chi connectivity index (χ4v) is 2.30. The Balaban J connectivity index is 1.81. The Morgan fingerprint density at radius 3 is 2.74 bits per heavy atom. The molecule has 2 aromatic carbocycles. The van der Waals surface area contributed by atoms with Crippen molar-refractivity contribution >= 4 is 17.3 Å². The molecule has 1 aliphatic heterocycles. The number of carbonyl (C=O) groups excluding carboxylic acids is 1. The van der Waals surface area contributed by atoms with E-state index in [1.54, 1.807) is 18.2 Å². The minimum absolute atomic E-state index is 0.192. The first-order chi connectivity index (χ1) is 9.25. The number of anilines is 2. The predicted molar refractivity (Wildman–Crippen MR) is 72.7 cm³/mol. The molecule has 2 N–H and O–H groups in total. The van der Waals surface area contributed by atoms with E-state index in [1.165, 1.54) is 6.07 Å². The van der Waals surface area contributed by atoms with Crippen LogP contribution in [0.2, 0.25) is 0 Å². The molecule has 1 heterocycles. The highest BCUT2D eigenvalue weighted by Gasteiger charge is 2.28. The molecule has 0 spiro atoms. The molecule has 19 heavy (non-hydrogen) atoms. The molecule has 2 aromatic rings. The van der Waals surface area contributed by atoms with Gasteiger partial charge in [-0.25, -0.2) is 4.39 Å². The number of rotatable bonds is 2. The molecule has 0 fully saturated rings. The lowest BCUT2D eigenvalue weighted by molar-refractivity contribution is -0.117. The standard InChI is InChI=1S/C15H13FN2O/c16-12-6-2-4-8-14(12)18-15(19)11-9-17-13-7-3-1-5-10(11)13/h1-8,11,17H,9H2,(H,18,19). The number of benzene rings is 2. The van der Waals surface area contributed by atoms with Gasteiger partial charge in [0.2, 0.25) is 5.91 Å². The Labute approximate surface area is 110 Å². The van der Waals surface area contributed by atoms with E-state index in [1.807, 2.05) is 24.3 Å². The normalized spacial score (nSPS) is 16.6. The summed E-state index contributed by atoms with van der Waals surface area (Å²) in [6, 6.07) is 13.8. The van der Waals surface area contributed by atoms with Gasteiger partial charge in [0.15, 0.2) is 0 Å². The molecule has 1 unspecified atom stereocenters. The summed E-state index contributed by atoms with van der Waals surface area (Å²) in [5, 5.41) is 5.82. The Kier molecular flexibility index (Phi) is 2.91. The zero-order valence-corrected chi connectivity index (χ0v) is 10.2. The third-order valence-corrected chi connectivity index (χ3v) is 3.28. The fraction of sp³-hybridized carbons (Fsp3) is 0.133. The van der Waals surface area contributed by atoms with Crippen molar-refractivity contribution in [1.82, 2.24) is 0 Å². The van der Waals surface area contributed by atoms with Gasteiger partial charge in [-0.1, -0.05) is 30.3 Å². The van der Waals surface area contributed by atoms with Crippen molar-refractivity contribution in [3.8, 4) is 0 Å². The average molecular weight is 256 g/mol. The van der Waals surface area contributed by atoms with Crippen LogP contribution in [0.3, 0.4) is 0 Å². The molecule has 0 saturated heterocycles. The molecular weight excluding hydrogens is 243 g/mol. The second kappa shape index (κ2) is 4.72. The topological polar surface area (TPSA) is 41.1 Å². The lowest BCUT2D eigenvalue weighted by Crippen LogP contribution is -2.23. The van der Waals surface area contributed by atoms with E-state index in [2.05, 4.69) is 10.6 Å². The van der Waals surface area contributed by atoms with Crippen LogP contribution in [0.1, 0.15) is 11.5 Å². The van der Waals surface area contributed by atoms with Gasteiger partial charge in [0, 0.05) is 12.2 Å². The molecule has 0 radical (unpaired) electrons. The van der Waals surface area contributed by atoms with Crippen LogP contribution in [0.15, 0.2) is 48.5 Å². The number of nitrogens with one attached hydrogen (secondary N) is 2. The number of amides is 1. The van der Waals surface area contributed by atoms with Crippen LogP contribution in [0.25, 0.3) is 0 Å². The lowest BCUT2D eigenvalue weighted by atomic mass is 10.0. The maximum Gasteiger partial charge on any atom is 0.233 e. The van der Waals surface area contributed by atoms with Crippen molar-refractivity contribution in [2.45, 2.75) is 5.92 Å². The zero-order chi connectivity index (χ0) is 13.2. The molecule has 96 valence electrons. The highest BCUT2D eigenvalue weighted by molar-refractivity contribution is 5.98. The van der Waals surface area contributed by atoms with Gasteiger partial charge in [0.05, 0.1) is 11.6 Å².